The average Bonchev–Trinajstić information content (AvgIpc) is 2.42. The zero-order valence-corrected chi connectivity index (χ0v) is 13.0. The lowest BCUT2D eigenvalue weighted by molar-refractivity contribution is -0.113. The van der Waals surface area contributed by atoms with E-state index < -0.39 is 20.7 Å². The molecule has 1 fully saturated rings. The quantitative estimate of drug-likeness (QED) is 0.834. The van der Waals surface area contributed by atoms with Gasteiger partial charge in [-0.15, -0.1) is 0 Å². The molecule has 1 aliphatic rings. The molecule has 1 saturated carbocycles. The number of pyridine rings is 1. The van der Waals surface area contributed by atoms with Crippen LogP contribution in [0.2, 0.25) is 0 Å². The van der Waals surface area contributed by atoms with E-state index in [1.165, 1.54) is 0 Å². The fourth-order valence-corrected chi connectivity index (χ4v) is 4.61. The lowest BCUT2D eigenvalue weighted by Crippen LogP contribution is -2.39. The molecule has 0 aromatic carbocycles. The molecule has 0 saturated heterocycles. The average molecular weight is 311 g/mol. The molecule has 1 N–H and O–H groups in total. The Kier molecular flexibility index (Phi) is 4.78. The molecular weight excluding hydrogens is 290 g/mol. The smallest absolute Gasteiger partial charge is 0.157 e. The van der Waals surface area contributed by atoms with Crippen molar-refractivity contribution in [2.24, 2.45) is 0 Å². The Morgan fingerprint density at radius 2 is 2.05 bits per heavy atom. The van der Waals surface area contributed by atoms with Gasteiger partial charge in [0, 0.05) is 18.3 Å². The lowest BCUT2D eigenvalue weighted by atomic mass is 9.83. The van der Waals surface area contributed by atoms with Crippen molar-refractivity contribution in [2.75, 3.05) is 0 Å². The number of aryl methyl sites for hydroxylation is 1. The van der Waals surface area contributed by atoms with Gasteiger partial charge >= 0.3 is 0 Å². The van der Waals surface area contributed by atoms with Gasteiger partial charge in [-0.2, -0.15) is 0 Å². The SMILES string of the molecule is Cc1ccc(CS(=O)(=O)C2CCC(O)(CC=O)CC2)cn1. The predicted molar refractivity (Wildman–Crippen MR) is 79.5 cm³/mol. The van der Waals surface area contributed by atoms with E-state index in [-0.39, 0.29) is 12.2 Å². The first-order chi connectivity index (χ1) is 9.85. The molecule has 0 atom stereocenters. The third-order valence-corrected chi connectivity index (χ3v) is 6.40. The van der Waals surface area contributed by atoms with Crippen LogP contribution in [0.25, 0.3) is 0 Å². The van der Waals surface area contributed by atoms with Crippen molar-refractivity contribution in [3.63, 3.8) is 0 Å². The number of carbonyl (C=O) groups is 1. The van der Waals surface area contributed by atoms with E-state index in [9.17, 15) is 18.3 Å². The van der Waals surface area contributed by atoms with Gasteiger partial charge in [0.1, 0.15) is 6.29 Å². The lowest BCUT2D eigenvalue weighted by Gasteiger charge is -2.34. The summed E-state index contributed by atoms with van der Waals surface area (Å²) in [6.45, 7) is 1.85. The van der Waals surface area contributed by atoms with Crippen molar-refractivity contribution in [1.29, 1.82) is 0 Å². The molecule has 116 valence electrons. The second kappa shape index (κ2) is 6.23. The number of hydrogen-bond acceptors (Lipinski definition) is 5. The number of sulfone groups is 1. The molecule has 2 rings (SSSR count). The third-order valence-electron chi connectivity index (χ3n) is 4.17. The van der Waals surface area contributed by atoms with E-state index in [0.29, 0.717) is 37.5 Å². The number of aldehydes is 1. The molecule has 0 radical (unpaired) electrons. The Balaban J connectivity index is 2.01. The summed E-state index contributed by atoms with van der Waals surface area (Å²) in [4.78, 5) is 14.7. The number of nitrogens with zero attached hydrogens (tertiary/aromatic N) is 1. The van der Waals surface area contributed by atoms with Crippen LogP contribution in [0, 0.1) is 6.92 Å². The van der Waals surface area contributed by atoms with Gasteiger partial charge in [0.15, 0.2) is 9.84 Å². The van der Waals surface area contributed by atoms with E-state index >= 15 is 0 Å². The molecule has 1 aromatic heterocycles. The van der Waals surface area contributed by atoms with Crippen LogP contribution in [0.5, 0.6) is 0 Å². The van der Waals surface area contributed by atoms with Gasteiger partial charge in [-0.25, -0.2) is 8.42 Å². The van der Waals surface area contributed by atoms with E-state index in [1.807, 2.05) is 6.92 Å². The molecule has 0 spiro atoms. The second-order valence-corrected chi connectivity index (χ2v) is 8.19. The van der Waals surface area contributed by atoms with Crippen molar-refractivity contribution < 1.29 is 18.3 Å². The highest BCUT2D eigenvalue weighted by Crippen LogP contribution is 2.34. The topological polar surface area (TPSA) is 84.3 Å². The number of aliphatic hydroxyl groups is 1. The summed E-state index contributed by atoms with van der Waals surface area (Å²) in [7, 11) is -3.25. The summed E-state index contributed by atoms with van der Waals surface area (Å²) in [5, 5.41) is 9.70. The highest BCUT2D eigenvalue weighted by atomic mass is 32.2. The normalized spacial score (nSPS) is 26.5. The summed E-state index contributed by atoms with van der Waals surface area (Å²) >= 11 is 0. The monoisotopic (exact) mass is 311 g/mol. The van der Waals surface area contributed by atoms with Gasteiger partial charge in [-0.3, -0.25) is 4.98 Å². The number of aromatic nitrogens is 1. The van der Waals surface area contributed by atoms with Crippen molar-refractivity contribution in [3.8, 4) is 0 Å². The number of hydrogen-bond donors (Lipinski definition) is 1. The maximum absolute atomic E-state index is 12.4. The van der Waals surface area contributed by atoms with Crippen LogP contribution in [-0.4, -0.2) is 35.6 Å². The molecule has 6 heteroatoms. The van der Waals surface area contributed by atoms with Crippen LogP contribution in [0.3, 0.4) is 0 Å². The molecule has 0 unspecified atom stereocenters. The molecule has 21 heavy (non-hydrogen) atoms. The molecule has 1 aromatic rings. The molecule has 0 aliphatic heterocycles. The van der Waals surface area contributed by atoms with Gasteiger partial charge in [-0.1, -0.05) is 6.07 Å². The van der Waals surface area contributed by atoms with Crippen molar-refractivity contribution in [1.82, 2.24) is 4.98 Å². The highest BCUT2D eigenvalue weighted by molar-refractivity contribution is 7.91. The van der Waals surface area contributed by atoms with Gasteiger partial charge in [0.2, 0.25) is 0 Å². The summed E-state index contributed by atoms with van der Waals surface area (Å²) in [5.41, 5.74) is 0.529. The molecular formula is C15H21NO4S. The first-order valence-electron chi connectivity index (χ1n) is 7.14. The summed E-state index contributed by atoms with van der Waals surface area (Å²) in [6, 6.07) is 3.58. The Labute approximate surface area is 125 Å². The van der Waals surface area contributed by atoms with Crippen LogP contribution in [0.1, 0.15) is 43.4 Å². The third kappa shape index (κ3) is 4.11. The van der Waals surface area contributed by atoms with Gasteiger partial charge in [0.05, 0.1) is 16.6 Å². The number of carbonyl (C=O) groups excluding carboxylic acids is 1. The highest BCUT2D eigenvalue weighted by Gasteiger charge is 2.37. The van der Waals surface area contributed by atoms with Crippen molar-refractivity contribution in [3.05, 3.63) is 29.6 Å². The van der Waals surface area contributed by atoms with Crippen LogP contribution in [0.4, 0.5) is 0 Å². The molecule has 0 amide bonds. The minimum absolute atomic E-state index is 0.0168. The van der Waals surface area contributed by atoms with E-state index in [1.54, 1.807) is 18.3 Å². The maximum atomic E-state index is 12.4. The summed E-state index contributed by atoms with van der Waals surface area (Å²) < 4.78 is 24.9. The first kappa shape index (κ1) is 16.1. The fraction of sp³-hybridized carbons (Fsp3) is 0.600. The Morgan fingerprint density at radius 1 is 1.38 bits per heavy atom. The second-order valence-electron chi connectivity index (χ2n) is 5.91. The maximum Gasteiger partial charge on any atom is 0.157 e. The van der Waals surface area contributed by atoms with Gasteiger partial charge < -0.3 is 9.90 Å². The van der Waals surface area contributed by atoms with Crippen LogP contribution in [0.15, 0.2) is 18.3 Å². The molecule has 1 aliphatic carbocycles. The largest absolute Gasteiger partial charge is 0.389 e. The Bertz CT molecular complexity index is 587. The summed E-state index contributed by atoms with van der Waals surface area (Å²) in [5.74, 6) is -0.0168. The van der Waals surface area contributed by atoms with E-state index in [4.69, 9.17) is 0 Å². The standard InChI is InChI=1S/C15H21NO4S/c1-12-2-3-13(10-16-12)11-21(19,20)14-4-6-15(18,7-5-14)8-9-17/h2-3,9-10,14,18H,4-8,11H2,1H3. The fourth-order valence-electron chi connectivity index (χ4n) is 2.78. The van der Waals surface area contributed by atoms with Gasteiger partial charge in [-0.05, 0) is 44.2 Å². The van der Waals surface area contributed by atoms with E-state index in [0.717, 1.165) is 5.69 Å². The van der Waals surface area contributed by atoms with Crippen molar-refractivity contribution >= 4 is 16.1 Å². The predicted octanol–water partition coefficient (Wildman–Crippen LogP) is 1.57. The number of rotatable bonds is 5. The summed E-state index contributed by atoms with van der Waals surface area (Å²) in [6.07, 6.45) is 3.92. The minimum atomic E-state index is -3.25. The van der Waals surface area contributed by atoms with E-state index in [2.05, 4.69) is 4.98 Å². The van der Waals surface area contributed by atoms with Gasteiger partial charge in [0.25, 0.3) is 0 Å². The van der Waals surface area contributed by atoms with Crippen LogP contribution < -0.4 is 0 Å². The first-order valence-corrected chi connectivity index (χ1v) is 8.85. The molecule has 0 bridgehead atoms. The Hall–Kier alpha value is -1.27. The van der Waals surface area contributed by atoms with Crippen molar-refractivity contribution in [2.45, 2.75) is 55.6 Å². The minimum Gasteiger partial charge on any atom is -0.389 e. The Morgan fingerprint density at radius 3 is 2.57 bits per heavy atom. The van der Waals surface area contributed by atoms with Crippen LogP contribution >= 0.6 is 0 Å². The molecule has 5 nitrogen and oxygen atoms in total. The van der Waals surface area contributed by atoms with Crippen LogP contribution in [-0.2, 0) is 20.4 Å². The zero-order valence-electron chi connectivity index (χ0n) is 12.2. The zero-order chi connectivity index (χ0) is 15.5. The molecule has 1 heterocycles.